The van der Waals surface area contributed by atoms with Crippen molar-refractivity contribution in [3.8, 4) is 11.5 Å². The molecule has 0 aliphatic carbocycles. The molecular formula is C27H23FN2O7. The Balaban J connectivity index is 1.87. The molecule has 3 aromatic carbocycles. The maximum Gasteiger partial charge on any atom is 0.311 e. The number of amides is 1. The molecule has 1 fully saturated rings. The van der Waals surface area contributed by atoms with Crippen LogP contribution in [-0.2, 0) is 9.59 Å². The number of halogens is 1. The van der Waals surface area contributed by atoms with Crippen molar-refractivity contribution in [1.29, 1.82) is 0 Å². The van der Waals surface area contributed by atoms with Crippen molar-refractivity contribution in [2.45, 2.75) is 19.9 Å². The number of ketones is 1. The molecule has 1 saturated heterocycles. The van der Waals surface area contributed by atoms with Crippen molar-refractivity contribution in [2.24, 2.45) is 5.92 Å². The van der Waals surface area contributed by atoms with Gasteiger partial charge < -0.3 is 14.9 Å². The topological polar surface area (TPSA) is 130 Å². The number of Topliss-reactive ketones (excluding diaryl/α,β-unsaturated/α-hetero) is 1. The molecule has 4 rings (SSSR count). The van der Waals surface area contributed by atoms with Crippen LogP contribution in [0.3, 0.4) is 0 Å². The number of hydrogen-bond donors (Lipinski definition) is 2. The number of rotatable bonds is 7. The Morgan fingerprint density at radius 2 is 1.73 bits per heavy atom. The fourth-order valence-corrected chi connectivity index (χ4v) is 4.00. The van der Waals surface area contributed by atoms with E-state index in [-0.39, 0.29) is 22.4 Å². The van der Waals surface area contributed by atoms with Crippen LogP contribution < -0.4 is 9.64 Å². The molecule has 1 heterocycles. The van der Waals surface area contributed by atoms with Crippen molar-refractivity contribution in [3.05, 3.63) is 99.4 Å². The molecule has 0 spiro atoms. The van der Waals surface area contributed by atoms with E-state index in [4.69, 9.17) is 4.74 Å². The van der Waals surface area contributed by atoms with E-state index < -0.39 is 45.7 Å². The predicted octanol–water partition coefficient (Wildman–Crippen LogP) is 5.10. The summed E-state index contributed by atoms with van der Waals surface area (Å²) in [4.78, 5) is 38.0. The highest BCUT2D eigenvalue weighted by Gasteiger charge is 2.47. The lowest BCUT2D eigenvalue weighted by atomic mass is 9.94. The van der Waals surface area contributed by atoms with Gasteiger partial charge in [0.15, 0.2) is 5.75 Å². The molecule has 9 nitrogen and oxygen atoms in total. The van der Waals surface area contributed by atoms with Gasteiger partial charge in [0.2, 0.25) is 0 Å². The highest BCUT2D eigenvalue weighted by Crippen LogP contribution is 2.44. The maximum atomic E-state index is 13.6. The average Bonchev–Trinajstić information content (AvgIpc) is 3.13. The molecule has 0 saturated carbocycles. The molecule has 1 aliphatic rings. The molecule has 3 aromatic rings. The number of phenols is 1. The Bertz CT molecular complexity index is 1400. The van der Waals surface area contributed by atoms with Crippen molar-refractivity contribution in [1.82, 2.24) is 0 Å². The zero-order chi connectivity index (χ0) is 26.9. The van der Waals surface area contributed by atoms with Crippen molar-refractivity contribution in [2.75, 3.05) is 11.5 Å². The Morgan fingerprint density at radius 1 is 1.08 bits per heavy atom. The van der Waals surface area contributed by atoms with Crippen molar-refractivity contribution >= 4 is 28.8 Å². The van der Waals surface area contributed by atoms with Gasteiger partial charge in [-0.2, -0.15) is 0 Å². The minimum Gasteiger partial charge on any atom is -0.507 e. The number of aromatic hydroxyl groups is 1. The van der Waals surface area contributed by atoms with E-state index in [1.54, 1.807) is 12.1 Å². The molecule has 1 unspecified atom stereocenters. The number of carbonyl (C=O) groups excluding carboxylic acids is 2. The van der Waals surface area contributed by atoms with Gasteiger partial charge >= 0.3 is 5.69 Å². The number of nitro benzene ring substituents is 1. The third kappa shape index (κ3) is 4.99. The van der Waals surface area contributed by atoms with E-state index in [1.807, 2.05) is 13.8 Å². The van der Waals surface area contributed by atoms with E-state index in [0.29, 0.717) is 18.3 Å². The van der Waals surface area contributed by atoms with Crippen LogP contribution in [-0.4, -0.2) is 33.4 Å². The minimum absolute atomic E-state index is 0.0893. The molecule has 190 valence electrons. The second-order valence-corrected chi connectivity index (χ2v) is 8.88. The zero-order valence-electron chi connectivity index (χ0n) is 19.9. The van der Waals surface area contributed by atoms with Gasteiger partial charge in [0, 0.05) is 17.3 Å². The van der Waals surface area contributed by atoms with E-state index in [9.17, 15) is 34.3 Å². The molecule has 0 aromatic heterocycles. The number of hydrogen-bond acceptors (Lipinski definition) is 7. The van der Waals surface area contributed by atoms with E-state index in [0.717, 1.165) is 29.2 Å². The Hall–Kier alpha value is -4.73. The largest absolute Gasteiger partial charge is 0.507 e. The monoisotopic (exact) mass is 506 g/mol. The van der Waals surface area contributed by atoms with Gasteiger partial charge in [0.25, 0.3) is 11.7 Å². The molecule has 1 aliphatic heterocycles. The van der Waals surface area contributed by atoms with Gasteiger partial charge in [-0.25, -0.2) is 4.39 Å². The fourth-order valence-electron chi connectivity index (χ4n) is 4.00. The van der Waals surface area contributed by atoms with Gasteiger partial charge in [0.05, 0.1) is 23.1 Å². The van der Waals surface area contributed by atoms with E-state index in [1.165, 1.54) is 30.3 Å². The lowest BCUT2D eigenvalue weighted by molar-refractivity contribution is -0.385. The summed E-state index contributed by atoms with van der Waals surface area (Å²) >= 11 is 0. The second kappa shape index (κ2) is 10.1. The number of benzene rings is 3. The number of aliphatic hydroxyl groups excluding tert-OH is 1. The maximum absolute atomic E-state index is 13.6. The van der Waals surface area contributed by atoms with Gasteiger partial charge in [-0.05, 0) is 66.1 Å². The molecular weight excluding hydrogens is 483 g/mol. The predicted molar refractivity (Wildman–Crippen MR) is 133 cm³/mol. The van der Waals surface area contributed by atoms with Crippen molar-refractivity contribution in [3.63, 3.8) is 0 Å². The van der Waals surface area contributed by atoms with Gasteiger partial charge in [-0.1, -0.05) is 19.9 Å². The molecule has 0 radical (unpaired) electrons. The van der Waals surface area contributed by atoms with Crippen molar-refractivity contribution < 1.29 is 33.9 Å². The smallest absolute Gasteiger partial charge is 0.311 e. The summed E-state index contributed by atoms with van der Waals surface area (Å²) in [5, 5.41) is 32.6. The number of nitrogens with zero attached hydrogens (tertiary/aromatic N) is 2. The summed E-state index contributed by atoms with van der Waals surface area (Å²) in [6.45, 7) is 4.47. The average molecular weight is 506 g/mol. The first-order chi connectivity index (χ1) is 17.6. The molecule has 10 heteroatoms. The van der Waals surface area contributed by atoms with Crippen LogP contribution in [0.5, 0.6) is 11.5 Å². The summed E-state index contributed by atoms with van der Waals surface area (Å²) in [7, 11) is 0. The van der Waals surface area contributed by atoms with Gasteiger partial charge in [-0.3, -0.25) is 24.6 Å². The van der Waals surface area contributed by atoms with Gasteiger partial charge in [0.1, 0.15) is 17.3 Å². The standard InChI is InChI=1S/C27H23FN2O7/c1-15(2)14-37-20-10-3-16(4-11-20)25(32)23-24(17-5-12-22(31)21(13-17)30(35)36)29(27(34)26(23)33)19-8-6-18(28)7-9-19/h3-13,15,24,31-32H,14H2,1-2H3/b25-23-. The summed E-state index contributed by atoms with van der Waals surface area (Å²) < 4.78 is 19.2. The summed E-state index contributed by atoms with van der Waals surface area (Å²) in [5.74, 6) is -2.87. The Labute approximate surface area is 211 Å². The highest BCUT2D eigenvalue weighted by atomic mass is 19.1. The first-order valence-corrected chi connectivity index (χ1v) is 11.4. The number of carbonyl (C=O) groups is 2. The lowest BCUT2D eigenvalue weighted by Crippen LogP contribution is -2.29. The normalized spacial score (nSPS) is 16.9. The number of ether oxygens (including phenoxy) is 1. The lowest BCUT2D eigenvalue weighted by Gasteiger charge is -2.25. The van der Waals surface area contributed by atoms with Crippen LogP contribution in [0.2, 0.25) is 0 Å². The number of aliphatic hydroxyl groups is 1. The molecule has 1 amide bonds. The molecule has 0 bridgehead atoms. The molecule has 2 N–H and O–H groups in total. The SMILES string of the molecule is CC(C)COc1ccc(/C(O)=C2/C(=O)C(=O)N(c3ccc(F)cc3)C2c2ccc(O)c([N+](=O)[O-])c2)cc1. The summed E-state index contributed by atoms with van der Waals surface area (Å²) in [6.07, 6.45) is 0. The third-order valence-electron chi connectivity index (χ3n) is 5.77. The van der Waals surface area contributed by atoms with Crippen LogP contribution in [0.15, 0.2) is 72.3 Å². The molecule has 1 atom stereocenters. The summed E-state index contributed by atoms with van der Waals surface area (Å²) in [5.41, 5.74) is -0.515. The van der Waals surface area contributed by atoms with Gasteiger partial charge in [-0.15, -0.1) is 0 Å². The van der Waals surface area contributed by atoms with Crippen LogP contribution in [0.25, 0.3) is 5.76 Å². The quantitative estimate of drug-likeness (QED) is 0.150. The fraction of sp³-hybridized carbons (Fsp3) is 0.185. The number of nitro groups is 1. The second-order valence-electron chi connectivity index (χ2n) is 8.88. The van der Waals surface area contributed by atoms with Crippen LogP contribution >= 0.6 is 0 Å². The first kappa shape index (κ1) is 25.4. The van der Waals surface area contributed by atoms with Crippen LogP contribution in [0, 0.1) is 21.8 Å². The van der Waals surface area contributed by atoms with Crippen LogP contribution in [0.1, 0.15) is 31.0 Å². The Morgan fingerprint density at radius 3 is 2.32 bits per heavy atom. The van der Waals surface area contributed by atoms with E-state index in [2.05, 4.69) is 0 Å². The third-order valence-corrected chi connectivity index (χ3v) is 5.77. The minimum atomic E-state index is -1.29. The number of anilines is 1. The summed E-state index contributed by atoms with van der Waals surface area (Å²) in [6, 6.07) is 13.1. The molecule has 37 heavy (non-hydrogen) atoms. The highest BCUT2D eigenvalue weighted by molar-refractivity contribution is 6.51. The number of phenolic OH excluding ortho intramolecular Hbond substituents is 1. The van der Waals surface area contributed by atoms with E-state index >= 15 is 0 Å². The Kier molecular flexibility index (Phi) is 6.92. The first-order valence-electron chi connectivity index (χ1n) is 11.4. The van der Waals surface area contributed by atoms with Crippen LogP contribution in [0.4, 0.5) is 15.8 Å². The zero-order valence-corrected chi connectivity index (χ0v) is 19.9.